The maximum Gasteiger partial charge on any atom is 0.258 e. The summed E-state index contributed by atoms with van der Waals surface area (Å²) in [6.07, 6.45) is 0.396. The number of ether oxygens (including phenoxy) is 5. The molecule has 2 aromatic carbocycles. The fraction of sp³-hybridized carbons (Fsp3) is 0.238. The van der Waals surface area contributed by atoms with Crippen LogP contribution in [0.15, 0.2) is 35.1 Å². The Labute approximate surface area is 167 Å². The molecule has 0 bridgehead atoms. The molecule has 1 aliphatic rings. The van der Waals surface area contributed by atoms with Crippen molar-refractivity contribution in [2.24, 2.45) is 0 Å². The van der Waals surface area contributed by atoms with E-state index in [1.54, 1.807) is 25.3 Å². The molecule has 3 aromatic rings. The van der Waals surface area contributed by atoms with Crippen molar-refractivity contribution in [1.82, 2.24) is 9.97 Å². The zero-order chi connectivity index (χ0) is 20.5. The Bertz CT molecular complexity index is 1140. The van der Waals surface area contributed by atoms with Gasteiger partial charge in [0, 0.05) is 12.0 Å². The molecule has 0 radical (unpaired) electrons. The Kier molecular flexibility index (Phi) is 4.75. The van der Waals surface area contributed by atoms with Crippen molar-refractivity contribution in [3.05, 3.63) is 51.8 Å². The van der Waals surface area contributed by atoms with Crippen LogP contribution in [0.2, 0.25) is 0 Å². The lowest BCUT2D eigenvalue weighted by Crippen LogP contribution is -2.20. The largest absolute Gasteiger partial charge is 0.493 e. The molecule has 29 heavy (non-hydrogen) atoms. The van der Waals surface area contributed by atoms with Crippen LogP contribution in [-0.2, 0) is 6.42 Å². The van der Waals surface area contributed by atoms with Gasteiger partial charge in [-0.05, 0) is 18.2 Å². The van der Waals surface area contributed by atoms with Crippen LogP contribution in [0.3, 0.4) is 0 Å². The average molecular weight is 396 g/mol. The maximum absolute atomic E-state index is 12.8. The lowest BCUT2D eigenvalue weighted by atomic mass is 10.0. The molecule has 2 heterocycles. The standard InChI is InChI=1S/C21H20N2O6/c1-25-14-7-5-6-11-10-13-20(24)22-19(23-21(13)29-16(11)14)12-8-9-15(26-2)18(28-4)17(12)27-3/h5-9H,10H2,1-4H3,(H,22,23,24). The number of aromatic nitrogens is 2. The SMILES string of the molecule is COc1cccc2c1Oc1nc(-c3ccc(OC)c(OC)c3OC)[nH]c(=O)c1C2. The number of fused-ring (bicyclic) bond motifs is 2. The van der Waals surface area contributed by atoms with E-state index >= 15 is 0 Å². The molecule has 8 heteroatoms. The number of methoxy groups -OCH3 is 4. The second-order valence-electron chi connectivity index (χ2n) is 6.31. The van der Waals surface area contributed by atoms with Crippen LogP contribution >= 0.6 is 0 Å². The molecule has 1 aliphatic heterocycles. The summed E-state index contributed by atoms with van der Waals surface area (Å²) in [5, 5.41) is 0. The van der Waals surface area contributed by atoms with Gasteiger partial charge in [0.25, 0.3) is 5.56 Å². The molecule has 8 nitrogen and oxygen atoms in total. The molecule has 150 valence electrons. The molecule has 0 amide bonds. The minimum atomic E-state index is -0.282. The number of nitrogens with zero attached hydrogens (tertiary/aromatic N) is 1. The van der Waals surface area contributed by atoms with E-state index < -0.39 is 0 Å². The molecule has 0 unspecified atom stereocenters. The summed E-state index contributed by atoms with van der Waals surface area (Å²) in [4.78, 5) is 20.2. The fourth-order valence-electron chi connectivity index (χ4n) is 3.40. The van der Waals surface area contributed by atoms with Gasteiger partial charge in [-0.2, -0.15) is 4.98 Å². The van der Waals surface area contributed by atoms with Crippen molar-refractivity contribution >= 4 is 0 Å². The Morgan fingerprint density at radius 1 is 0.931 bits per heavy atom. The van der Waals surface area contributed by atoms with Crippen molar-refractivity contribution in [1.29, 1.82) is 0 Å². The Morgan fingerprint density at radius 3 is 2.38 bits per heavy atom. The van der Waals surface area contributed by atoms with Crippen LogP contribution in [0.5, 0.6) is 34.6 Å². The van der Waals surface area contributed by atoms with E-state index in [1.165, 1.54) is 21.3 Å². The summed E-state index contributed by atoms with van der Waals surface area (Å²) in [5.74, 6) is 2.97. The van der Waals surface area contributed by atoms with Crippen molar-refractivity contribution in [3.63, 3.8) is 0 Å². The Morgan fingerprint density at radius 2 is 1.69 bits per heavy atom. The third kappa shape index (κ3) is 3.02. The second-order valence-corrected chi connectivity index (χ2v) is 6.31. The molecule has 0 aliphatic carbocycles. The van der Waals surface area contributed by atoms with E-state index in [0.717, 1.165) is 5.56 Å². The highest BCUT2D eigenvalue weighted by Crippen LogP contribution is 2.45. The van der Waals surface area contributed by atoms with Gasteiger partial charge in [0.1, 0.15) is 5.82 Å². The van der Waals surface area contributed by atoms with Crippen molar-refractivity contribution in [2.75, 3.05) is 28.4 Å². The average Bonchev–Trinajstić information content (AvgIpc) is 2.76. The van der Waals surface area contributed by atoms with E-state index in [-0.39, 0.29) is 11.4 Å². The van der Waals surface area contributed by atoms with Crippen LogP contribution < -0.4 is 29.2 Å². The molecule has 1 aromatic heterocycles. The van der Waals surface area contributed by atoms with Crippen LogP contribution in [0, 0.1) is 0 Å². The number of rotatable bonds is 5. The minimum Gasteiger partial charge on any atom is -0.493 e. The molecular formula is C21H20N2O6. The monoisotopic (exact) mass is 396 g/mol. The lowest BCUT2D eigenvalue weighted by molar-refractivity contribution is 0.325. The van der Waals surface area contributed by atoms with Gasteiger partial charge in [-0.25, -0.2) is 0 Å². The molecule has 0 fully saturated rings. The minimum absolute atomic E-state index is 0.234. The second kappa shape index (κ2) is 7.38. The quantitative estimate of drug-likeness (QED) is 0.554. The predicted octanol–water partition coefficient (Wildman–Crippen LogP) is 3.17. The molecule has 4 rings (SSSR count). The molecular weight excluding hydrogens is 376 g/mol. The Hall–Kier alpha value is -3.68. The lowest BCUT2D eigenvalue weighted by Gasteiger charge is -2.21. The highest BCUT2D eigenvalue weighted by molar-refractivity contribution is 5.72. The summed E-state index contributed by atoms with van der Waals surface area (Å²) in [7, 11) is 6.13. The van der Waals surface area contributed by atoms with Crippen LogP contribution in [0.25, 0.3) is 11.4 Å². The third-order valence-corrected chi connectivity index (χ3v) is 4.78. The van der Waals surface area contributed by atoms with E-state index in [4.69, 9.17) is 23.7 Å². The van der Waals surface area contributed by atoms with E-state index in [2.05, 4.69) is 9.97 Å². The summed E-state index contributed by atoms with van der Waals surface area (Å²) in [6, 6.07) is 9.01. The van der Waals surface area contributed by atoms with Gasteiger partial charge in [0.05, 0.1) is 39.6 Å². The number of aromatic amines is 1. The van der Waals surface area contributed by atoms with Crippen LogP contribution in [-0.4, -0.2) is 38.4 Å². The van der Waals surface area contributed by atoms with Gasteiger partial charge >= 0.3 is 0 Å². The molecule has 0 spiro atoms. The number of hydrogen-bond donors (Lipinski definition) is 1. The van der Waals surface area contributed by atoms with Crippen molar-refractivity contribution in [2.45, 2.75) is 6.42 Å². The summed E-state index contributed by atoms with van der Waals surface area (Å²) in [6.45, 7) is 0. The smallest absolute Gasteiger partial charge is 0.258 e. The van der Waals surface area contributed by atoms with Gasteiger partial charge in [-0.1, -0.05) is 12.1 Å². The number of H-pyrrole nitrogens is 1. The molecule has 0 saturated carbocycles. The highest BCUT2D eigenvalue weighted by atomic mass is 16.5. The van der Waals surface area contributed by atoms with Gasteiger partial charge in [0.15, 0.2) is 23.0 Å². The zero-order valence-corrected chi connectivity index (χ0v) is 16.5. The molecule has 0 saturated heterocycles. The number of hydrogen-bond acceptors (Lipinski definition) is 7. The normalized spacial score (nSPS) is 11.7. The number of nitrogens with one attached hydrogen (secondary N) is 1. The first-order valence-electron chi connectivity index (χ1n) is 8.87. The molecule has 1 N–H and O–H groups in total. The zero-order valence-electron chi connectivity index (χ0n) is 16.5. The van der Waals surface area contributed by atoms with Gasteiger partial charge in [-0.3, -0.25) is 4.79 Å². The Balaban J connectivity index is 1.86. The summed E-state index contributed by atoms with van der Waals surface area (Å²) >= 11 is 0. The highest BCUT2D eigenvalue weighted by Gasteiger charge is 2.26. The first-order chi connectivity index (χ1) is 14.1. The van der Waals surface area contributed by atoms with E-state index in [9.17, 15) is 4.79 Å². The first-order valence-corrected chi connectivity index (χ1v) is 8.87. The van der Waals surface area contributed by atoms with Gasteiger partial charge in [0.2, 0.25) is 11.6 Å². The number of para-hydroxylation sites is 1. The van der Waals surface area contributed by atoms with Gasteiger partial charge < -0.3 is 28.7 Å². The van der Waals surface area contributed by atoms with Crippen molar-refractivity contribution < 1.29 is 23.7 Å². The molecule has 0 atom stereocenters. The maximum atomic E-state index is 12.8. The van der Waals surface area contributed by atoms with Gasteiger partial charge in [-0.15, -0.1) is 0 Å². The van der Waals surface area contributed by atoms with Crippen LogP contribution in [0.1, 0.15) is 11.1 Å². The fourth-order valence-corrected chi connectivity index (χ4v) is 3.40. The van der Waals surface area contributed by atoms with E-state index in [0.29, 0.717) is 52.1 Å². The summed E-state index contributed by atoms with van der Waals surface area (Å²) in [5.41, 5.74) is 1.57. The topological polar surface area (TPSA) is 91.9 Å². The van der Waals surface area contributed by atoms with E-state index in [1.807, 2.05) is 12.1 Å². The predicted molar refractivity (Wildman–Crippen MR) is 106 cm³/mol. The van der Waals surface area contributed by atoms with Crippen LogP contribution in [0.4, 0.5) is 0 Å². The summed E-state index contributed by atoms with van der Waals surface area (Å²) < 4.78 is 27.6. The van der Waals surface area contributed by atoms with Crippen molar-refractivity contribution in [3.8, 4) is 46.0 Å². The number of benzene rings is 2. The first kappa shape index (κ1) is 18.7. The third-order valence-electron chi connectivity index (χ3n) is 4.78.